The van der Waals surface area contributed by atoms with E-state index in [0.29, 0.717) is 6.54 Å². The molecule has 1 amide bonds. The van der Waals surface area contributed by atoms with Gasteiger partial charge in [0.2, 0.25) is 5.91 Å². The van der Waals surface area contributed by atoms with Crippen LogP contribution in [0, 0.1) is 0 Å². The molecule has 0 radical (unpaired) electrons. The zero-order valence-electron chi connectivity index (χ0n) is 11.7. The summed E-state index contributed by atoms with van der Waals surface area (Å²) < 4.78 is 2.21. The van der Waals surface area contributed by atoms with Gasteiger partial charge in [-0.3, -0.25) is 9.59 Å². The molecule has 1 aromatic heterocycles. The zero-order valence-corrected chi connectivity index (χ0v) is 14.1. The Bertz CT molecular complexity index is 732. The van der Waals surface area contributed by atoms with Crippen LogP contribution in [0.15, 0.2) is 51.9 Å². The molecule has 2 aromatic rings. The summed E-state index contributed by atoms with van der Waals surface area (Å²) >= 11 is 5.15. The lowest BCUT2D eigenvalue weighted by molar-refractivity contribution is -0.132. The van der Waals surface area contributed by atoms with E-state index < -0.39 is 0 Å². The van der Waals surface area contributed by atoms with Crippen LogP contribution in [0.25, 0.3) is 0 Å². The maximum atomic E-state index is 12.5. The monoisotopic (exact) mass is 379 g/mol. The van der Waals surface area contributed by atoms with Crippen LogP contribution in [0.4, 0.5) is 0 Å². The first-order valence-corrected chi connectivity index (χ1v) is 8.68. The number of hydrogen-bond acceptors (Lipinski definition) is 4. The number of nitrogens with zero attached hydrogens (tertiary/aromatic N) is 3. The van der Waals surface area contributed by atoms with Crippen LogP contribution in [0.1, 0.15) is 10.9 Å². The van der Waals surface area contributed by atoms with Crippen molar-refractivity contribution in [2.45, 2.75) is 11.9 Å². The molecule has 5 nitrogen and oxygen atoms in total. The van der Waals surface area contributed by atoms with Crippen LogP contribution in [0.3, 0.4) is 0 Å². The van der Waals surface area contributed by atoms with Crippen molar-refractivity contribution in [3.05, 3.63) is 63.0 Å². The Morgan fingerprint density at radius 3 is 2.82 bits per heavy atom. The lowest BCUT2D eigenvalue weighted by Crippen LogP contribution is -2.36. The van der Waals surface area contributed by atoms with Crippen molar-refractivity contribution in [2.24, 2.45) is 0 Å². The van der Waals surface area contributed by atoms with E-state index in [1.807, 2.05) is 29.2 Å². The second-order valence-electron chi connectivity index (χ2n) is 4.88. The Morgan fingerprint density at radius 2 is 2.09 bits per heavy atom. The van der Waals surface area contributed by atoms with Gasteiger partial charge in [0, 0.05) is 29.0 Å². The second-order valence-corrected chi connectivity index (χ2v) is 6.99. The van der Waals surface area contributed by atoms with Gasteiger partial charge in [0.05, 0.1) is 0 Å². The van der Waals surface area contributed by atoms with Crippen LogP contribution < -0.4 is 5.56 Å². The van der Waals surface area contributed by atoms with Gasteiger partial charge in [-0.15, -0.1) is 11.8 Å². The summed E-state index contributed by atoms with van der Waals surface area (Å²) in [6.45, 7) is 0.666. The van der Waals surface area contributed by atoms with Gasteiger partial charge in [-0.05, 0) is 23.8 Å². The number of rotatable bonds is 3. The van der Waals surface area contributed by atoms with Crippen LogP contribution in [0.2, 0.25) is 0 Å². The molecular weight excluding hydrogens is 366 g/mol. The van der Waals surface area contributed by atoms with Gasteiger partial charge in [-0.1, -0.05) is 28.1 Å². The molecule has 2 heterocycles. The van der Waals surface area contributed by atoms with Gasteiger partial charge in [0.1, 0.15) is 11.9 Å². The minimum Gasteiger partial charge on any atom is -0.324 e. The van der Waals surface area contributed by atoms with E-state index in [1.54, 1.807) is 17.8 Å². The lowest BCUT2D eigenvalue weighted by Gasteiger charge is -2.24. The summed E-state index contributed by atoms with van der Waals surface area (Å²) in [5, 5.41) is 3.94. The molecule has 1 fully saturated rings. The Labute approximate surface area is 140 Å². The number of carbonyl (C=O) groups excluding carboxylic acids is 1. The molecule has 7 heteroatoms. The quantitative estimate of drug-likeness (QED) is 0.820. The second kappa shape index (κ2) is 6.66. The first-order chi connectivity index (χ1) is 10.6. The van der Waals surface area contributed by atoms with Gasteiger partial charge in [0.15, 0.2) is 0 Å². The van der Waals surface area contributed by atoms with Crippen molar-refractivity contribution in [1.29, 1.82) is 0 Å². The molecule has 0 bridgehead atoms. The van der Waals surface area contributed by atoms with Gasteiger partial charge in [-0.25, -0.2) is 4.68 Å². The van der Waals surface area contributed by atoms with E-state index in [0.717, 1.165) is 15.8 Å². The number of halogens is 1. The van der Waals surface area contributed by atoms with Gasteiger partial charge >= 0.3 is 0 Å². The molecule has 1 unspecified atom stereocenters. The minimum atomic E-state index is -0.261. The fourth-order valence-electron chi connectivity index (χ4n) is 2.35. The molecule has 0 aliphatic carbocycles. The van der Waals surface area contributed by atoms with Crippen molar-refractivity contribution in [2.75, 3.05) is 12.3 Å². The Balaban J connectivity index is 1.78. The maximum absolute atomic E-state index is 12.5. The van der Waals surface area contributed by atoms with Crippen molar-refractivity contribution in [3.8, 4) is 0 Å². The Kier molecular flexibility index (Phi) is 4.63. The molecule has 1 aliphatic rings. The first kappa shape index (κ1) is 15.3. The number of hydrogen-bond donors (Lipinski definition) is 0. The highest BCUT2D eigenvalue weighted by molar-refractivity contribution is 9.10. The molecule has 0 N–H and O–H groups in total. The van der Waals surface area contributed by atoms with Crippen LogP contribution in [0.5, 0.6) is 0 Å². The highest BCUT2D eigenvalue weighted by Crippen LogP contribution is 2.38. The van der Waals surface area contributed by atoms with E-state index >= 15 is 0 Å². The normalized spacial score (nSPS) is 17.7. The molecule has 0 spiro atoms. The lowest BCUT2D eigenvalue weighted by atomic mass is 10.2. The molecule has 1 atom stereocenters. The van der Waals surface area contributed by atoms with E-state index in [2.05, 4.69) is 21.0 Å². The SMILES string of the molecule is O=C(Cn1ncccc1=O)N1CCSC1c1ccc(Br)cc1. The average molecular weight is 380 g/mol. The van der Waals surface area contributed by atoms with Crippen LogP contribution in [-0.2, 0) is 11.3 Å². The average Bonchev–Trinajstić information content (AvgIpc) is 3.00. The Hall–Kier alpha value is -1.60. The fourth-order valence-corrected chi connectivity index (χ4v) is 3.90. The van der Waals surface area contributed by atoms with Crippen LogP contribution >= 0.6 is 27.7 Å². The summed E-state index contributed by atoms with van der Waals surface area (Å²) in [6, 6.07) is 11.0. The Morgan fingerprint density at radius 1 is 1.32 bits per heavy atom. The predicted octanol–water partition coefficient (Wildman–Crippen LogP) is 2.28. The third-order valence-electron chi connectivity index (χ3n) is 3.44. The maximum Gasteiger partial charge on any atom is 0.267 e. The molecule has 114 valence electrons. The van der Waals surface area contributed by atoms with Gasteiger partial charge in [0.25, 0.3) is 5.56 Å². The van der Waals surface area contributed by atoms with E-state index in [1.165, 1.54) is 16.9 Å². The molecule has 22 heavy (non-hydrogen) atoms. The number of thioether (sulfide) groups is 1. The molecule has 1 saturated heterocycles. The zero-order chi connectivity index (χ0) is 15.5. The summed E-state index contributed by atoms with van der Waals surface area (Å²) in [4.78, 5) is 26.0. The molecule has 0 saturated carbocycles. The third-order valence-corrected chi connectivity index (χ3v) is 5.23. The standard InChI is InChI=1S/C15H14BrN3O2S/c16-12-5-3-11(4-6-12)15-18(8-9-22-15)14(21)10-19-13(20)2-1-7-17-19/h1-7,15H,8-10H2. The number of amides is 1. The predicted molar refractivity (Wildman–Crippen MR) is 89.6 cm³/mol. The van der Waals surface area contributed by atoms with Crippen molar-refractivity contribution in [3.63, 3.8) is 0 Å². The number of aromatic nitrogens is 2. The summed E-state index contributed by atoms with van der Waals surface area (Å²) in [5.74, 6) is 0.808. The summed E-state index contributed by atoms with van der Waals surface area (Å²) in [7, 11) is 0. The largest absolute Gasteiger partial charge is 0.324 e. The molecule has 1 aliphatic heterocycles. The summed E-state index contributed by atoms with van der Waals surface area (Å²) in [6.07, 6.45) is 1.51. The highest BCUT2D eigenvalue weighted by Gasteiger charge is 2.30. The van der Waals surface area contributed by atoms with Gasteiger partial charge < -0.3 is 4.90 Å². The van der Waals surface area contributed by atoms with Crippen LogP contribution in [-0.4, -0.2) is 32.9 Å². The smallest absolute Gasteiger partial charge is 0.267 e. The first-order valence-electron chi connectivity index (χ1n) is 6.84. The highest BCUT2D eigenvalue weighted by atomic mass is 79.9. The molecule has 3 rings (SSSR count). The topological polar surface area (TPSA) is 55.2 Å². The number of carbonyl (C=O) groups is 1. The molecule has 1 aromatic carbocycles. The van der Waals surface area contributed by atoms with E-state index in [9.17, 15) is 9.59 Å². The summed E-state index contributed by atoms with van der Waals surface area (Å²) in [5.41, 5.74) is 0.829. The molecular formula is C15H14BrN3O2S. The van der Waals surface area contributed by atoms with Crippen molar-refractivity contribution in [1.82, 2.24) is 14.7 Å². The third kappa shape index (κ3) is 3.25. The van der Waals surface area contributed by atoms with Crippen molar-refractivity contribution >= 4 is 33.6 Å². The number of benzene rings is 1. The van der Waals surface area contributed by atoms with Gasteiger partial charge in [-0.2, -0.15) is 5.10 Å². The van der Waals surface area contributed by atoms with E-state index in [-0.39, 0.29) is 23.4 Å². The minimum absolute atomic E-state index is 0.0000132. The van der Waals surface area contributed by atoms with E-state index in [4.69, 9.17) is 0 Å². The van der Waals surface area contributed by atoms with Crippen molar-refractivity contribution < 1.29 is 4.79 Å². The fraction of sp³-hybridized carbons (Fsp3) is 0.267.